The molecule has 0 spiro atoms. The van der Waals surface area contributed by atoms with Crippen LogP contribution >= 0.6 is 0 Å². The summed E-state index contributed by atoms with van der Waals surface area (Å²) in [6.07, 6.45) is 1.46. The molecule has 178 valence electrons. The first-order chi connectivity index (χ1) is 15.7. The number of hydrogen-bond acceptors (Lipinski definition) is 4. The summed E-state index contributed by atoms with van der Waals surface area (Å²) in [6.45, 7) is 10.8. The molecule has 2 aliphatic rings. The molecule has 4 rings (SSSR count). The van der Waals surface area contributed by atoms with Gasteiger partial charge in [0.15, 0.2) is 5.54 Å². The number of urea groups is 1. The Hall–Kier alpha value is -2.87. The second kappa shape index (κ2) is 8.82. The van der Waals surface area contributed by atoms with Crippen LogP contribution in [-0.2, 0) is 26.3 Å². The second-order valence-corrected chi connectivity index (χ2v) is 9.71. The van der Waals surface area contributed by atoms with E-state index in [0.717, 1.165) is 22.2 Å². The predicted molar refractivity (Wildman–Crippen MR) is 126 cm³/mol. The summed E-state index contributed by atoms with van der Waals surface area (Å²) in [5.74, 6) is -0.884. The monoisotopic (exact) mass is 454 g/mol. The number of benzene rings is 1. The van der Waals surface area contributed by atoms with Gasteiger partial charge in [0.2, 0.25) is 5.91 Å². The highest BCUT2D eigenvalue weighted by Crippen LogP contribution is 2.45. The zero-order valence-electron chi connectivity index (χ0n) is 20.1. The molecule has 0 bridgehead atoms. The summed E-state index contributed by atoms with van der Waals surface area (Å²) >= 11 is 0. The van der Waals surface area contributed by atoms with Gasteiger partial charge < -0.3 is 19.9 Å². The standard InChI is InChI=1S/C25H34N4O4/c1-15(2)20(22(30)26-12-8-14-33-16(3)4)29-23(31)25(5)21-18(11-13-28(25)24(29)32)17-9-6-7-10-19(17)27-21/h6-7,9-10,15-16,20,27H,8,11-14H2,1-5H3,(H,26,30)/t20-,25-/m0/s1. The third-order valence-electron chi connectivity index (χ3n) is 6.75. The third-order valence-corrected chi connectivity index (χ3v) is 6.75. The molecule has 1 aromatic carbocycles. The van der Waals surface area contributed by atoms with Gasteiger partial charge in [-0.2, -0.15) is 0 Å². The second-order valence-electron chi connectivity index (χ2n) is 9.71. The Labute approximate surface area is 194 Å². The van der Waals surface area contributed by atoms with E-state index in [0.29, 0.717) is 32.5 Å². The number of aromatic amines is 1. The molecule has 0 aliphatic carbocycles. The van der Waals surface area contributed by atoms with Crippen LogP contribution in [0.2, 0.25) is 0 Å². The number of imide groups is 1. The highest BCUT2D eigenvalue weighted by molar-refractivity contribution is 6.11. The molecule has 4 amide bonds. The lowest BCUT2D eigenvalue weighted by molar-refractivity contribution is -0.140. The molecule has 33 heavy (non-hydrogen) atoms. The fourth-order valence-electron chi connectivity index (χ4n) is 5.09. The Kier molecular flexibility index (Phi) is 6.22. The predicted octanol–water partition coefficient (Wildman–Crippen LogP) is 3.16. The van der Waals surface area contributed by atoms with E-state index < -0.39 is 17.6 Å². The fourth-order valence-corrected chi connectivity index (χ4v) is 5.09. The number of nitrogens with one attached hydrogen (secondary N) is 2. The van der Waals surface area contributed by atoms with Crippen LogP contribution in [0.1, 0.15) is 52.3 Å². The van der Waals surface area contributed by atoms with Gasteiger partial charge in [-0.1, -0.05) is 32.0 Å². The van der Waals surface area contributed by atoms with Crippen LogP contribution < -0.4 is 5.32 Å². The first kappa shape index (κ1) is 23.3. The molecular formula is C25H34N4O4. The normalized spacial score (nSPS) is 21.2. The molecule has 2 atom stereocenters. The van der Waals surface area contributed by atoms with Crippen LogP contribution in [0.3, 0.4) is 0 Å². The number of rotatable bonds is 8. The average molecular weight is 455 g/mol. The van der Waals surface area contributed by atoms with Gasteiger partial charge in [0, 0.05) is 30.6 Å². The molecule has 2 N–H and O–H groups in total. The lowest BCUT2D eigenvalue weighted by atomic mass is 9.86. The Bertz CT molecular complexity index is 1080. The highest BCUT2D eigenvalue weighted by Gasteiger charge is 2.61. The minimum absolute atomic E-state index is 0.136. The van der Waals surface area contributed by atoms with Crippen molar-refractivity contribution in [3.05, 3.63) is 35.5 Å². The van der Waals surface area contributed by atoms with Gasteiger partial charge in [-0.15, -0.1) is 0 Å². The number of carbonyl (C=O) groups excluding carboxylic acids is 3. The summed E-state index contributed by atoms with van der Waals surface area (Å²) in [5, 5.41) is 3.98. The van der Waals surface area contributed by atoms with E-state index >= 15 is 0 Å². The zero-order chi connectivity index (χ0) is 23.9. The van der Waals surface area contributed by atoms with Gasteiger partial charge in [-0.05, 0) is 51.2 Å². The topological polar surface area (TPSA) is 94.7 Å². The Morgan fingerprint density at radius 3 is 2.64 bits per heavy atom. The first-order valence-electron chi connectivity index (χ1n) is 11.8. The Morgan fingerprint density at radius 1 is 1.21 bits per heavy atom. The molecule has 3 heterocycles. The number of ether oxygens (including phenoxy) is 1. The molecule has 1 saturated heterocycles. The van der Waals surface area contributed by atoms with E-state index in [1.165, 1.54) is 4.90 Å². The minimum Gasteiger partial charge on any atom is -0.379 e. The van der Waals surface area contributed by atoms with Crippen molar-refractivity contribution in [3.63, 3.8) is 0 Å². The van der Waals surface area contributed by atoms with Gasteiger partial charge in [0.05, 0.1) is 11.8 Å². The van der Waals surface area contributed by atoms with Crippen LogP contribution in [0.25, 0.3) is 10.9 Å². The molecule has 8 nitrogen and oxygen atoms in total. The highest BCUT2D eigenvalue weighted by atomic mass is 16.5. The largest absolute Gasteiger partial charge is 0.379 e. The number of hydrogen-bond donors (Lipinski definition) is 2. The third kappa shape index (κ3) is 3.80. The molecule has 1 fully saturated rings. The van der Waals surface area contributed by atoms with E-state index in [1.54, 1.807) is 11.8 Å². The number of fused-ring (bicyclic) bond motifs is 5. The lowest BCUT2D eigenvalue weighted by Crippen LogP contribution is -2.53. The maximum absolute atomic E-state index is 13.9. The van der Waals surface area contributed by atoms with Crippen LogP contribution in [-0.4, -0.2) is 64.5 Å². The van der Waals surface area contributed by atoms with Crippen LogP contribution in [0.15, 0.2) is 24.3 Å². The van der Waals surface area contributed by atoms with Crippen molar-refractivity contribution in [2.75, 3.05) is 19.7 Å². The molecule has 1 aromatic heterocycles. The number of nitrogens with zero attached hydrogens (tertiary/aromatic N) is 2. The summed E-state index contributed by atoms with van der Waals surface area (Å²) in [7, 11) is 0. The zero-order valence-corrected chi connectivity index (χ0v) is 20.1. The first-order valence-corrected chi connectivity index (χ1v) is 11.8. The SMILES string of the molecule is CC(C)OCCCNC(=O)[C@H](C(C)C)N1C(=O)N2CCc3c([nH]c4ccccc34)[C@@]2(C)C1=O. The van der Waals surface area contributed by atoms with E-state index in [2.05, 4.69) is 10.3 Å². The Balaban J connectivity index is 1.60. The van der Waals surface area contributed by atoms with E-state index in [-0.39, 0.29) is 23.8 Å². The number of para-hydroxylation sites is 1. The van der Waals surface area contributed by atoms with Crippen molar-refractivity contribution < 1.29 is 19.1 Å². The van der Waals surface area contributed by atoms with Gasteiger partial charge >= 0.3 is 6.03 Å². The van der Waals surface area contributed by atoms with Crippen LogP contribution in [0.5, 0.6) is 0 Å². The molecule has 0 saturated carbocycles. The van der Waals surface area contributed by atoms with Gasteiger partial charge in [0.1, 0.15) is 6.04 Å². The van der Waals surface area contributed by atoms with E-state index in [9.17, 15) is 14.4 Å². The lowest BCUT2D eigenvalue weighted by Gasteiger charge is -2.36. The van der Waals surface area contributed by atoms with E-state index in [1.807, 2.05) is 52.0 Å². The van der Waals surface area contributed by atoms with Crippen molar-refractivity contribution in [2.24, 2.45) is 5.92 Å². The minimum atomic E-state index is -1.15. The van der Waals surface area contributed by atoms with E-state index in [4.69, 9.17) is 4.74 Å². The summed E-state index contributed by atoms with van der Waals surface area (Å²) in [5.41, 5.74) is 1.63. The fraction of sp³-hybridized carbons (Fsp3) is 0.560. The van der Waals surface area contributed by atoms with Crippen molar-refractivity contribution >= 4 is 28.7 Å². The Morgan fingerprint density at radius 2 is 1.94 bits per heavy atom. The van der Waals surface area contributed by atoms with Crippen molar-refractivity contribution in [1.29, 1.82) is 0 Å². The summed E-state index contributed by atoms with van der Waals surface area (Å²) in [4.78, 5) is 46.7. The quantitative estimate of drug-likeness (QED) is 0.473. The number of carbonyl (C=O) groups is 3. The molecule has 2 aliphatic heterocycles. The maximum atomic E-state index is 13.9. The molecule has 0 unspecified atom stereocenters. The van der Waals surface area contributed by atoms with Crippen molar-refractivity contribution in [1.82, 2.24) is 20.1 Å². The van der Waals surface area contributed by atoms with Gasteiger partial charge in [0.25, 0.3) is 5.91 Å². The summed E-state index contributed by atoms with van der Waals surface area (Å²) < 4.78 is 5.52. The molecule has 8 heteroatoms. The number of H-pyrrole nitrogens is 1. The maximum Gasteiger partial charge on any atom is 0.328 e. The smallest absolute Gasteiger partial charge is 0.328 e. The van der Waals surface area contributed by atoms with Crippen molar-refractivity contribution in [3.8, 4) is 0 Å². The van der Waals surface area contributed by atoms with Gasteiger partial charge in [-0.25, -0.2) is 9.69 Å². The van der Waals surface area contributed by atoms with Crippen molar-refractivity contribution in [2.45, 2.75) is 65.1 Å². The molecular weight excluding hydrogens is 420 g/mol. The summed E-state index contributed by atoms with van der Waals surface area (Å²) in [6, 6.07) is 6.67. The average Bonchev–Trinajstić information content (AvgIpc) is 3.23. The van der Waals surface area contributed by atoms with Gasteiger partial charge in [-0.3, -0.25) is 9.59 Å². The molecule has 0 radical (unpaired) electrons. The number of aromatic nitrogens is 1. The number of amides is 4. The van der Waals surface area contributed by atoms with Crippen LogP contribution in [0.4, 0.5) is 4.79 Å². The van der Waals surface area contributed by atoms with Crippen LogP contribution in [0, 0.1) is 5.92 Å². The molecule has 2 aromatic rings.